The maximum Gasteiger partial charge on any atom is 0.121 e. The van der Waals surface area contributed by atoms with E-state index >= 15 is 0 Å². The van der Waals surface area contributed by atoms with Gasteiger partial charge in [0.25, 0.3) is 0 Å². The SMILES string of the molecule is COc1cc(N2CCN(C)CC2)c2cncc(I)c2c1. The van der Waals surface area contributed by atoms with E-state index in [1.807, 2.05) is 12.4 Å². The summed E-state index contributed by atoms with van der Waals surface area (Å²) in [5, 5.41) is 2.43. The van der Waals surface area contributed by atoms with E-state index in [-0.39, 0.29) is 0 Å². The summed E-state index contributed by atoms with van der Waals surface area (Å²) in [6.45, 7) is 4.28. The number of halogens is 1. The normalized spacial score (nSPS) is 16.6. The predicted molar refractivity (Wildman–Crippen MR) is 90.7 cm³/mol. The third-order valence-electron chi connectivity index (χ3n) is 3.86. The van der Waals surface area contributed by atoms with Crippen molar-refractivity contribution >= 4 is 39.1 Å². The van der Waals surface area contributed by atoms with Crippen LogP contribution in [0.4, 0.5) is 5.69 Å². The van der Waals surface area contributed by atoms with Gasteiger partial charge in [-0.3, -0.25) is 4.98 Å². The molecule has 0 atom stereocenters. The number of aromatic nitrogens is 1. The molecule has 1 aromatic heterocycles. The second kappa shape index (κ2) is 5.73. The van der Waals surface area contributed by atoms with Gasteiger partial charge in [0, 0.05) is 64.7 Å². The molecular weight excluding hydrogens is 365 g/mol. The Morgan fingerprint density at radius 3 is 2.55 bits per heavy atom. The van der Waals surface area contributed by atoms with E-state index in [1.165, 1.54) is 16.5 Å². The van der Waals surface area contributed by atoms with E-state index in [0.29, 0.717) is 0 Å². The quantitative estimate of drug-likeness (QED) is 0.746. The highest BCUT2D eigenvalue weighted by atomic mass is 127. The topological polar surface area (TPSA) is 28.6 Å². The minimum Gasteiger partial charge on any atom is -0.497 e. The van der Waals surface area contributed by atoms with Gasteiger partial charge in [-0.15, -0.1) is 0 Å². The number of piperazine rings is 1. The zero-order chi connectivity index (χ0) is 14.1. The van der Waals surface area contributed by atoms with Gasteiger partial charge < -0.3 is 14.5 Å². The Morgan fingerprint density at radius 1 is 1.10 bits per heavy atom. The number of benzene rings is 1. The van der Waals surface area contributed by atoms with Crippen LogP contribution in [0.2, 0.25) is 0 Å². The first-order chi connectivity index (χ1) is 9.69. The van der Waals surface area contributed by atoms with Crippen LogP contribution < -0.4 is 9.64 Å². The molecule has 2 heterocycles. The molecule has 1 aromatic carbocycles. The number of hydrogen-bond acceptors (Lipinski definition) is 4. The van der Waals surface area contributed by atoms with Gasteiger partial charge >= 0.3 is 0 Å². The van der Waals surface area contributed by atoms with Crippen LogP contribution in [0, 0.1) is 3.57 Å². The Labute approximate surface area is 132 Å². The fourth-order valence-corrected chi connectivity index (χ4v) is 3.23. The molecule has 1 aliphatic heterocycles. The number of ether oxygens (including phenoxy) is 1. The monoisotopic (exact) mass is 383 g/mol. The number of methoxy groups -OCH3 is 1. The number of fused-ring (bicyclic) bond motifs is 1. The minimum absolute atomic E-state index is 0.913. The van der Waals surface area contributed by atoms with Crippen LogP contribution >= 0.6 is 22.6 Å². The summed E-state index contributed by atoms with van der Waals surface area (Å²) in [4.78, 5) is 9.15. The van der Waals surface area contributed by atoms with E-state index in [9.17, 15) is 0 Å². The summed E-state index contributed by atoms with van der Waals surface area (Å²) in [7, 11) is 3.90. The van der Waals surface area contributed by atoms with Crippen LogP contribution in [-0.4, -0.2) is 50.2 Å². The molecule has 5 heteroatoms. The van der Waals surface area contributed by atoms with Crippen molar-refractivity contribution in [2.45, 2.75) is 0 Å². The van der Waals surface area contributed by atoms with Crippen molar-refractivity contribution in [3.05, 3.63) is 28.1 Å². The maximum atomic E-state index is 5.47. The van der Waals surface area contributed by atoms with Gasteiger partial charge in [-0.1, -0.05) is 0 Å². The lowest BCUT2D eigenvalue weighted by Gasteiger charge is -2.34. The average molecular weight is 383 g/mol. The maximum absolute atomic E-state index is 5.47. The Bertz CT molecular complexity index is 624. The summed E-state index contributed by atoms with van der Waals surface area (Å²) >= 11 is 2.34. The summed E-state index contributed by atoms with van der Waals surface area (Å²) in [6, 6.07) is 4.23. The molecule has 0 N–H and O–H groups in total. The lowest BCUT2D eigenvalue weighted by atomic mass is 10.1. The smallest absolute Gasteiger partial charge is 0.121 e. The molecule has 1 aliphatic rings. The fourth-order valence-electron chi connectivity index (χ4n) is 2.62. The van der Waals surface area contributed by atoms with Gasteiger partial charge in [0.2, 0.25) is 0 Å². The zero-order valence-corrected chi connectivity index (χ0v) is 13.9. The van der Waals surface area contributed by atoms with Crippen molar-refractivity contribution in [1.29, 1.82) is 0 Å². The molecule has 0 amide bonds. The number of pyridine rings is 1. The highest BCUT2D eigenvalue weighted by Gasteiger charge is 2.18. The fraction of sp³-hybridized carbons (Fsp3) is 0.400. The minimum atomic E-state index is 0.913. The average Bonchev–Trinajstić information content (AvgIpc) is 2.48. The summed E-state index contributed by atoms with van der Waals surface area (Å²) < 4.78 is 6.63. The first-order valence-corrected chi connectivity index (χ1v) is 7.81. The van der Waals surface area contributed by atoms with Gasteiger partial charge in [0.1, 0.15) is 5.75 Å². The van der Waals surface area contributed by atoms with E-state index in [0.717, 1.165) is 35.5 Å². The number of likely N-dealkylation sites (N-methyl/N-ethyl adjacent to an activating group) is 1. The second-order valence-electron chi connectivity index (χ2n) is 5.15. The molecule has 0 bridgehead atoms. The predicted octanol–water partition coefficient (Wildman–Crippen LogP) is 2.60. The molecule has 106 valence electrons. The third kappa shape index (κ3) is 2.56. The number of anilines is 1. The second-order valence-corrected chi connectivity index (χ2v) is 6.32. The molecule has 1 saturated heterocycles. The van der Waals surface area contributed by atoms with Crippen LogP contribution in [0.1, 0.15) is 0 Å². The lowest BCUT2D eigenvalue weighted by molar-refractivity contribution is 0.313. The van der Waals surface area contributed by atoms with Gasteiger partial charge in [-0.25, -0.2) is 0 Å². The van der Waals surface area contributed by atoms with Crippen molar-refractivity contribution in [2.75, 3.05) is 45.2 Å². The van der Waals surface area contributed by atoms with Crippen LogP contribution in [0.15, 0.2) is 24.5 Å². The van der Waals surface area contributed by atoms with E-state index in [1.54, 1.807) is 7.11 Å². The van der Waals surface area contributed by atoms with Gasteiger partial charge in [0.15, 0.2) is 0 Å². The molecule has 0 aliphatic carbocycles. The number of hydrogen-bond donors (Lipinski definition) is 0. The molecule has 0 radical (unpaired) electrons. The van der Waals surface area contributed by atoms with Crippen molar-refractivity contribution < 1.29 is 4.74 Å². The van der Waals surface area contributed by atoms with E-state index in [2.05, 4.69) is 56.6 Å². The summed E-state index contributed by atoms with van der Waals surface area (Å²) in [5.74, 6) is 0.913. The van der Waals surface area contributed by atoms with Gasteiger partial charge in [-0.2, -0.15) is 0 Å². The number of nitrogens with zero attached hydrogens (tertiary/aromatic N) is 3. The first-order valence-electron chi connectivity index (χ1n) is 6.74. The van der Waals surface area contributed by atoms with Crippen molar-refractivity contribution in [2.24, 2.45) is 0 Å². The molecular formula is C15H18IN3O. The first kappa shape index (κ1) is 13.9. The van der Waals surface area contributed by atoms with Crippen LogP contribution in [0.3, 0.4) is 0 Å². The van der Waals surface area contributed by atoms with Crippen LogP contribution in [-0.2, 0) is 0 Å². The Morgan fingerprint density at radius 2 is 1.85 bits per heavy atom. The Hall–Kier alpha value is -1.08. The number of rotatable bonds is 2. The Kier molecular flexibility index (Phi) is 3.98. The van der Waals surface area contributed by atoms with Crippen molar-refractivity contribution in [3.63, 3.8) is 0 Å². The van der Waals surface area contributed by atoms with Crippen molar-refractivity contribution in [3.8, 4) is 5.75 Å². The Balaban J connectivity index is 2.11. The van der Waals surface area contributed by atoms with Gasteiger partial charge in [-0.05, 0) is 35.7 Å². The molecule has 4 nitrogen and oxygen atoms in total. The molecule has 2 aromatic rings. The highest BCUT2D eigenvalue weighted by molar-refractivity contribution is 14.1. The zero-order valence-electron chi connectivity index (χ0n) is 11.8. The van der Waals surface area contributed by atoms with Crippen LogP contribution in [0.25, 0.3) is 10.8 Å². The molecule has 0 unspecified atom stereocenters. The van der Waals surface area contributed by atoms with Gasteiger partial charge in [0.05, 0.1) is 7.11 Å². The van der Waals surface area contributed by atoms with Crippen LogP contribution in [0.5, 0.6) is 5.75 Å². The standard InChI is InChI=1S/C15H18IN3O/c1-18-3-5-19(6-4-18)15-8-11(20-2)7-12-13(15)9-17-10-14(12)16/h7-10H,3-6H2,1-2H3. The van der Waals surface area contributed by atoms with E-state index < -0.39 is 0 Å². The summed E-state index contributed by atoms with van der Waals surface area (Å²) in [5.41, 5.74) is 1.23. The third-order valence-corrected chi connectivity index (χ3v) is 4.72. The lowest BCUT2D eigenvalue weighted by Crippen LogP contribution is -2.44. The molecule has 0 spiro atoms. The molecule has 3 rings (SSSR count). The largest absolute Gasteiger partial charge is 0.497 e. The molecule has 0 saturated carbocycles. The molecule has 20 heavy (non-hydrogen) atoms. The molecule has 1 fully saturated rings. The summed E-state index contributed by atoms with van der Waals surface area (Å²) in [6.07, 6.45) is 3.86. The highest BCUT2D eigenvalue weighted by Crippen LogP contribution is 2.34. The van der Waals surface area contributed by atoms with Crippen molar-refractivity contribution in [1.82, 2.24) is 9.88 Å². The van der Waals surface area contributed by atoms with E-state index in [4.69, 9.17) is 4.74 Å².